The number of nitrogens with one attached hydrogen (secondary N) is 1. The molecule has 0 heterocycles. The molecule has 0 radical (unpaired) electrons. The maximum atomic E-state index is 10.5. The van der Waals surface area contributed by atoms with Gasteiger partial charge in [-0.05, 0) is 12.0 Å². The zero-order valence-corrected chi connectivity index (χ0v) is 12.0. The van der Waals surface area contributed by atoms with E-state index in [9.17, 15) is 4.79 Å². The molecule has 0 aliphatic heterocycles. The van der Waals surface area contributed by atoms with Crippen molar-refractivity contribution < 1.29 is 9.53 Å². The summed E-state index contributed by atoms with van der Waals surface area (Å²) in [5.41, 5.74) is 9.08. The number of primary amides is 1. The summed E-state index contributed by atoms with van der Waals surface area (Å²) in [6.07, 6.45) is 6.35. The smallest absolute Gasteiger partial charge is 0.332 e. The van der Waals surface area contributed by atoms with Crippen molar-refractivity contribution in [2.75, 3.05) is 6.61 Å². The van der Waals surface area contributed by atoms with Crippen LogP contribution in [0.2, 0.25) is 0 Å². The van der Waals surface area contributed by atoms with Crippen LogP contribution in [0.1, 0.15) is 43.7 Å². The number of benzene rings is 1. The molecule has 5 nitrogen and oxygen atoms in total. The first kappa shape index (κ1) is 16.2. The van der Waals surface area contributed by atoms with Crippen LogP contribution in [0.25, 0.3) is 0 Å². The Balaban J connectivity index is 2.41. The summed E-state index contributed by atoms with van der Waals surface area (Å²) in [6, 6.07) is 7.09. The van der Waals surface area contributed by atoms with Gasteiger partial charge in [-0.2, -0.15) is 5.10 Å². The Kier molecular flexibility index (Phi) is 8.07. The predicted octanol–water partition coefficient (Wildman–Crippen LogP) is 2.79. The molecule has 0 saturated heterocycles. The molecule has 1 aromatic carbocycles. The number of unbranched alkanes of at least 4 members (excludes halogenated alkanes) is 3. The topological polar surface area (TPSA) is 76.7 Å². The van der Waals surface area contributed by atoms with E-state index in [4.69, 9.17) is 10.5 Å². The molecule has 0 fully saturated rings. The summed E-state index contributed by atoms with van der Waals surface area (Å²) in [5.74, 6) is 0. The molecule has 1 rings (SSSR count). The van der Waals surface area contributed by atoms with E-state index in [1.54, 1.807) is 6.21 Å². The van der Waals surface area contributed by atoms with E-state index in [1.165, 1.54) is 19.3 Å². The van der Waals surface area contributed by atoms with Gasteiger partial charge < -0.3 is 10.5 Å². The highest BCUT2D eigenvalue weighted by Crippen LogP contribution is 2.08. The first-order valence-electron chi connectivity index (χ1n) is 6.98. The van der Waals surface area contributed by atoms with Crippen LogP contribution in [0.5, 0.6) is 0 Å². The van der Waals surface area contributed by atoms with Crippen molar-refractivity contribution in [2.24, 2.45) is 10.8 Å². The zero-order chi connectivity index (χ0) is 14.6. The Morgan fingerprint density at radius 1 is 1.35 bits per heavy atom. The van der Waals surface area contributed by atoms with Crippen LogP contribution in [-0.2, 0) is 11.3 Å². The minimum absolute atomic E-state index is 0.547. The van der Waals surface area contributed by atoms with E-state index in [0.29, 0.717) is 6.61 Å². The SMILES string of the molecule is CCCCCCOCc1ccccc1C=NNC(N)=O. The summed E-state index contributed by atoms with van der Waals surface area (Å²) in [5, 5.41) is 3.77. The number of hydrogen-bond donors (Lipinski definition) is 2. The summed E-state index contributed by atoms with van der Waals surface area (Å²) in [4.78, 5) is 10.5. The van der Waals surface area contributed by atoms with Gasteiger partial charge in [-0.1, -0.05) is 50.5 Å². The molecule has 2 amide bonds. The number of rotatable bonds is 9. The number of ether oxygens (including phenoxy) is 1. The second kappa shape index (κ2) is 9.97. The monoisotopic (exact) mass is 277 g/mol. The van der Waals surface area contributed by atoms with Gasteiger partial charge in [0.1, 0.15) is 0 Å². The summed E-state index contributed by atoms with van der Waals surface area (Å²) < 4.78 is 5.66. The fraction of sp³-hybridized carbons (Fsp3) is 0.467. The third-order valence-electron chi connectivity index (χ3n) is 2.83. The maximum Gasteiger partial charge on any atom is 0.332 e. The third-order valence-corrected chi connectivity index (χ3v) is 2.83. The molecule has 20 heavy (non-hydrogen) atoms. The molecule has 0 aliphatic rings. The molecule has 0 aliphatic carbocycles. The Labute approximate surface area is 120 Å². The highest BCUT2D eigenvalue weighted by molar-refractivity contribution is 5.83. The molecule has 0 aromatic heterocycles. The van der Waals surface area contributed by atoms with Gasteiger partial charge in [-0.3, -0.25) is 0 Å². The van der Waals surface area contributed by atoms with Crippen molar-refractivity contribution in [3.63, 3.8) is 0 Å². The van der Waals surface area contributed by atoms with Gasteiger partial charge in [-0.15, -0.1) is 0 Å². The molecule has 0 unspecified atom stereocenters. The van der Waals surface area contributed by atoms with E-state index in [1.807, 2.05) is 24.3 Å². The van der Waals surface area contributed by atoms with Crippen molar-refractivity contribution in [3.05, 3.63) is 35.4 Å². The summed E-state index contributed by atoms with van der Waals surface area (Å²) >= 11 is 0. The van der Waals surface area contributed by atoms with E-state index in [-0.39, 0.29) is 0 Å². The Hall–Kier alpha value is -1.88. The van der Waals surface area contributed by atoms with Crippen molar-refractivity contribution in [1.82, 2.24) is 5.43 Å². The van der Waals surface area contributed by atoms with Crippen LogP contribution in [0.15, 0.2) is 29.4 Å². The number of nitrogens with zero attached hydrogens (tertiary/aromatic N) is 1. The fourth-order valence-electron chi connectivity index (χ4n) is 1.77. The lowest BCUT2D eigenvalue weighted by Crippen LogP contribution is -2.24. The van der Waals surface area contributed by atoms with Crippen LogP contribution in [0, 0.1) is 0 Å². The van der Waals surface area contributed by atoms with Gasteiger partial charge in [0.2, 0.25) is 0 Å². The second-order valence-electron chi connectivity index (χ2n) is 4.55. The van der Waals surface area contributed by atoms with Crippen molar-refractivity contribution >= 4 is 12.2 Å². The average Bonchev–Trinajstić information content (AvgIpc) is 2.44. The van der Waals surface area contributed by atoms with Gasteiger partial charge >= 0.3 is 6.03 Å². The molecule has 0 atom stereocenters. The maximum absolute atomic E-state index is 10.5. The zero-order valence-electron chi connectivity index (χ0n) is 12.0. The van der Waals surface area contributed by atoms with Crippen LogP contribution in [0.3, 0.4) is 0 Å². The van der Waals surface area contributed by atoms with Crippen LogP contribution in [-0.4, -0.2) is 18.9 Å². The number of hydrazone groups is 1. The Morgan fingerprint density at radius 3 is 2.90 bits per heavy atom. The average molecular weight is 277 g/mol. The quantitative estimate of drug-likeness (QED) is 0.413. The predicted molar refractivity (Wildman–Crippen MR) is 80.6 cm³/mol. The highest BCUT2D eigenvalue weighted by atomic mass is 16.5. The van der Waals surface area contributed by atoms with Crippen LogP contribution in [0.4, 0.5) is 4.79 Å². The minimum atomic E-state index is -0.675. The Morgan fingerprint density at radius 2 is 2.15 bits per heavy atom. The van der Waals surface area contributed by atoms with E-state index < -0.39 is 6.03 Å². The van der Waals surface area contributed by atoms with E-state index in [0.717, 1.165) is 24.2 Å². The van der Waals surface area contributed by atoms with Crippen molar-refractivity contribution in [1.29, 1.82) is 0 Å². The summed E-state index contributed by atoms with van der Waals surface area (Å²) in [6.45, 7) is 3.51. The number of hydrogen-bond acceptors (Lipinski definition) is 3. The first-order valence-corrected chi connectivity index (χ1v) is 6.98. The highest BCUT2D eigenvalue weighted by Gasteiger charge is 2.00. The molecular formula is C15H23N3O2. The third kappa shape index (κ3) is 6.89. The normalized spacial score (nSPS) is 10.8. The molecule has 3 N–H and O–H groups in total. The number of carbonyl (C=O) groups excluding carboxylic acids is 1. The number of carbonyl (C=O) groups is 1. The van der Waals surface area contributed by atoms with Gasteiger partial charge in [0.25, 0.3) is 0 Å². The second-order valence-corrected chi connectivity index (χ2v) is 4.55. The lowest BCUT2D eigenvalue weighted by molar-refractivity contribution is 0.116. The van der Waals surface area contributed by atoms with Crippen LogP contribution < -0.4 is 11.2 Å². The largest absolute Gasteiger partial charge is 0.377 e. The molecule has 5 heteroatoms. The van der Waals surface area contributed by atoms with Gasteiger partial charge in [0, 0.05) is 12.2 Å². The van der Waals surface area contributed by atoms with Crippen LogP contribution >= 0.6 is 0 Å². The van der Waals surface area contributed by atoms with Crippen molar-refractivity contribution in [2.45, 2.75) is 39.2 Å². The number of nitrogens with two attached hydrogens (primary N) is 1. The lowest BCUT2D eigenvalue weighted by atomic mass is 10.1. The Bertz CT molecular complexity index is 433. The number of urea groups is 1. The fourth-order valence-corrected chi connectivity index (χ4v) is 1.77. The van der Waals surface area contributed by atoms with E-state index >= 15 is 0 Å². The molecule has 0 bridgehead atoms. The minimum Gasteiger partial charge on any atom is -0.377 e. The lowest BCUT2D eigenvalue weighted by Gasteiger charge is -2.07. The van der Waals surface area contributed by atoms with Gasteiger partial charge in [0.15, 0.2) is 0 Å². The molecule has 0 saturated carbocycles. The molecular weight excluding hydrogens is 254 g/mol. The van der Waals surface area contributed by atoms with Gasteiger partial charge in [0.05, 0.1) is 12.8 Å². The van der Waals surface area contributed by atoms with Crippen molar-refractivity contribution in [3.8, 4) is 0 Å². The van der Waals surface area contributed by atoms with Gasteiger partial charge in [-0.25, -0.2) is 10.2 Å². The molecule has 0 spiro atoms. The first-order chi connectivity index (χ1) is 9.74. The molecule has 110 valence electrons. The summed E-state index contributed by atoms with van der Waals surface area (Å²) in [7, 11) is 0. The standard InChI is InChI=1S/C15H23N3O2/c1-2-3-4-7-10-20-12-14-9-6-5-8-13(14)11-17-18-15(16)19/h5-6,8-9,11H,2-4,7,10,12H2,1H3,(H3,16,18,19). The number of amides is 2. The van der Waals surface area contributed by atoms with E-state index in [2.05, 4.69) is 17.5 Å². The molecule has 1 aromatic rings.